The van der Waals surface area contributed by atoms with Gasteiger partial charge in [0.2, 0.25) is 0 Å². The Balaban J connectivity index is -0.000000902. The molecule has 2 heterocycles. The summed E-state index contributed by atoms with van der Waals surface area (Å²) >= 11 is 6.08. The van der Waals surface area contributed by atoms with Gasteiger partial charge in [-0.15, -0.1) is 0 Å². The second-order valence-corrected chi connectivity index (χ2v) is 5.41. The molecule has 2 unspecified atom stereocenters. The van der Waals surface area contributed by atoms with Gasteiger partial charge in [0.25, 0.3) is 0 Å². The number of rotatable bonds is 4. The first-order chi connectivity index (χ1) is 8.52. The predicted molar refractivity (Wildman–Crippen MR) is 65.9 cm³/mol. The molecule has 0 aromatic carbocycles. The topological polar surface area (TPSA) is 110 Å². The van der Waals surface area contributed by atoms with E-state index in [-0.39, 0.29) is 73.1 Å². The molecule has 20 heavy (non-hydrogen) atoms. The molecule has 0 saturated carbocycles. The van der Waals surface area contributed by atoms with Crippen molar-refractivity contribution in [2.45, 2.75) is 5.62 Å². The summed E-state index contributed by atoms with van der Waals surface area (Å²) in [6, 6.07) is 0. The number of imidazole rings is 2. The number of aromatic nitrogens is 4. The summed E-state index contributed by atoms with van der Waals surface area (Å²) in [5.74, 6) is 0. The van der Waals surface area contributed by atoms with Crippen molar-refractivity contribution in [2.24, 2.45) is 0 Å². The smallest absolute Gasteiger partial charge is 1.00 e. The molecular formula is C7H9ClN4Na2O4P2+2. The molecule has 0 aliphatic rings. The van der Waals surface area contributed by atoms with Crippen LogP contribution in [0.5, 0.6) is 0 Å². The molecule has 0 fully saturated rings. The minimum absolute atomic E-state index is 0. The van der Waals surface area contributed by atoms with E-state index in [0.717, 1.165) is 0 Å². The third-order valence-electron chi connectivity index (χ3n) is 2.10. The van der Waals surface area contributed by atoms with Crippen molar-refractivity contribution in [1.82, 2.24) is 19.1 Å². The number of halogens is 1. The van der Waals surface area contributed by atoms with Gasteiger partial charge in [0.05, 0.1) is 0 Å². The maximum absolute atomic E-state index is 11.0. The molecule has 2 aromatic rings. The van der Waals surface area contributed by atoms with E-state index < -0.39 is 21.7 Å². The Kier molecular flexibility index (Phi) is 9.45. The molecule has 0 radical (unpaired) electrons. The summed E-state index contributed by atoms with van der Waals surface area (Å²) in [6.45, 7) is 0. The van der Waals surface area contributed by atoms with Crippen LogP contribution < -0.4 is 70.2 Å². The van der Waals surface area contributed by atoms with Gasteiger partial charge in [-0.05, 0) is 9.13 Å². The number of hydrogen-bond donors (Lipinski definition) is 2. The average Bonchev–Trinajstić information content (AvgIpc) is 2.97. The van der Waals surface area contributed by atoms with E-state index in [1.807, 2.05) is 0 Å². The van der Waals surface area contributed by atoms with Crippen LogP contribution in [0, 0.1) is 0 Å². The van der Waals surface area contributed by atoms with Gasteiger partial charge in [0, 0.05) is 24.8 Å². The third kappa shape index (κ3) is 4.41. The molecule has 0 spiro atoms. The SMILES string of the molecule is O=[P+](O)c1nccn1C(Cl)n1ccnc1[P+](=O)O.[H-].[H-].[Na+].[Na+]. The molecule has 0 bridgehead atoms. The fraction of sp³-hybridized carbons (Fsp3) is 0.143. The number of hydrogen-bond acceptors (Lipinski definition) is 4. The Bertz CT molecular complexity index is 579. The van der Waals surface area contributed by atoms with Crippen LogP contribution in [0.25, 0.3) is 0 Å². The molecule has 2 atom stereocenters. The third-order valence-corrected chi connectivity index (χ3v) is 3.90. The van der Waals surface area contributed by atoms with E-state index in [0.29, 0.717) is 0 Å². The Labute approximate surface area is 167 Å². The second kappa shape index (κ2) is 9.08. The van der Waals surface area contributed by atoms with Gasteiger partial charge < -0.3 is 2.85 Å². The number of alkyl halides is 1. The van der Waals surface area contributed by atoms with Crippen molar-refractivity contribution in [3.8, 4) is 0 Å². The Morgan fingerprint density at radius 2 is 1.40 bits per heavy atom. The first kappa shape index (κ1) is 20.8. The van der Waals surface area contributed by atoms with Crippen molar-refractivity contribution < 1.29 is 80.9 Å². The zero-order valence-corrected chi connectivity index (χ0v) is 17.2. The van der Waals surface area contributed by atoms with E-state index in [4.69, 9.17) is 21.4 Å². The number of nitrogens with zero attached hydrogens (tertiary/aromatic N) is 4. The fourth-order valence-electron chi connectivity index (χ4n) is 1.37. The Hall–Kier alpha value is 0.830. The Morgan fingerprint density at radius 3 is 1.70 bits per heavy atom. The van der Waals surface area contributed by atoms with Crippen LogP contribution in [0.1, 0.15) is 8.48 Å². The van der Waals surface area contributed by atoms with Crippen molar-refractivity contribution in [2.75, 3.05) is 0 Å². The van der Waals surface area contributed by atoms with Gasteiger partial charge >= 0.3 is 86.3 Å². The van der Waals surface area contributed by atoms with Crippen LogP contribution >= 0.6 is 27.7 Å². The maximum atomic E-state index is 11.0. The van der Waals surface area contributed by atoms with Crippen LogP contribution in [0.3, 0.4) is 0 Å². The predicted octanol–water partition coefficient (Wildman–Crippen LogP) is -5.72. The molecule has 0 amide bonds. The maximum Gasteiger partial charge on any atom is 1.00 e. The molecule has 0 saturated heterocycles. The van der Waals surface area contributed by atoms with E-state index >= 15 is 0 Å². The normalized spacial score (nSPS) is 12.9. The molecule has 98 valence electrons. The molecule has 13 heteroatoms. The first-order valence-electron chi connectivity index (χ1n) is 4.54. The zero-order valence-electron chi connectivity index (χ0n) is 12.7. The van der Waals surface area contributed by atoms with Gasteiger partial charge in [-0.2, -0.15) is 19.8 Å². The van der Waals surface area contributed by atoms with Crippen LogP contribution in [-0.4, -0.2) is 28.9 Å². The molecular weight excluding hydrogens is 347 g/mol. The van der Waals surface area contributed by atoms with Gasteiger partial charge in [-0.3, -0.25) is 9.13 Å². The molecule has 2 N–H and O–H groups in total. The monoisotopic (exact) mass is 356 g/mol. The van der Waals surface area contributed by atoms with Gasteiger partial charge in [0.1, 0.15) is 0 Å². The molecule has 0 aliphatic carbocycles. The van der Waals surface area contributed by atoms with Gasteiger partial charge in [0.15, 0.2) is 5.62 Å². The van der Waals surface area contributed by atoms with E-state index in [1.165, 1.54) is 33.9 Å². The van der Waals surface area contributed by atoms with E-state index in [2.05, 4.69) is 9.97 Å². The quantitative estimate of drug-likeness (QED) is 0.321. The molecule has 2 rings (SSSR count). The summed E-state index contributed by atoms with van der Waals surface area (Å²) in [7, 11) is -5.33. The molecule has 0 aliphatic heterocycles. The minimum Gasteiger partial charge on any atom is -1.00 e. The van der Waals surface area contributed by atoms with E-state index in [1.54, 1.807) is 0 Å². The Morgan fingerprint density at radius 1 is 1.05 bits per heavy atom. The summed E-state index contributed by atoms with van der Waals surface area (Å²) < 4.78 is 24.5. The second-order valence-electron chi connectivity index (χ2n) is 3.13. The fourth-order valence-corrected chi connectivity index (χ4v) is 2.90. The molecule has 2 aromatic heterocycles. The first-order valence-corrected chi connectivity index (χ1v) is 7.40. The van der Waals surface area contributed by atoms with Crippen LogP contribution in [-0.2, 0) is 9.13 Å². The van der Waals surface area contributed by atoms with Crippen LogP contribution in [0.2, 0.25) is 0 Å². The van der Waals surface area contributed by atoms with Crippen molar-refractivity contribution in [3.63, 3.8) is 0 Å². The zero-order chi connectivity index (χ0) is 13.3. The van der Waals surface area contributed by atoms with Crippen molar-refractivity contribution >= 4 is 38.8 Å². The van der Waals surface area contributed by atoms with Crippen molar-refractivity contribution in [1.29, 1.82) is 0 Å². The standard InChI is InChI=1S/C7H5ClN4O4P2.2Na.2H/c8-5(11-3-1-9-6(11)17(13)14)12-4-2-10-7(12)18(15)16;;;;/h1-5H;;;;/q;2*+1;2*-1/p+2. The minimum atomic E-state index is -2.66. The van der Waals surface area contributed by atoms with Crippen molar-refractivity contribution in [3.05, 3.63) is 24.8 Å². The van der Waals surface area contributed by atoms with Crippen LogP contribution in [0.15, 0.2) is 24.8 Å². The average molecular weight is 357 g/mol. The molecule has 8 nitrogen and oxygen atoms in total. The summed E-state index contributed by atoms with van der Waals surface area (Å²) in [5, 5.41) is 0. The van der Waals surface area contributed by atoms with E-state index in [9.17, 15) is 9.13 Å². The van der Waals surface area contributed by atoms with Crippen LogP contribution in [0.4, 0.5) is 0 Å². The van der Waals surface area contributed by atoms with Gasteiger partial charge in [-0.1, -0.05) is 11.6 Å². The van der Waals surface area contributed by atoms with Gasteiger partial charge in [-0.25, -0.2) is 0 Å². The summed E-state index contributed by atoms with van der Waals surface area (Å²) in [6.07, 6.45) is 5.41. The summed E-state index contributed by atoms with van der Waals surface area (Å²) in [4.78, 5) is 25.5. The largest absolute Gasteiger partial charge is 1.00 e. The summed E-state index contributed by atoms with van der Waals surface area (Å²) in [5.41, 5.74) is -1.26.